The summed E-state index contributed by atoms with van der Waals surface area (Å²) in [7, 11) is -0.601. The van der Waals surface area contributed by atoms with E-state index in [1.807, 2.05) is 25.1 Å². The summed E-state index contributed by atoms with van der Waals surface area (Å²) >= 11 is 1.44. The number of carbonyl (C=O) groups excluding carboxylic acids is 1. The molecule has 1 unspecified atom stereocenters. The van der Waals surface area contributed by atoms with Gasteiger partial charge in [-0.3, -0.25) is 4.79 Å². The Hall–Kier alpha value is -2.91. The zero-order valence-corrected chi connectivity index (χ0v) is 20.4. The Labute approximate surface area is 198 Å². The van der Waals surface area contributed by atoms with Crippen molar-refractivity contribution >= 4 is 27.7 Å². The Balaban J connectivity index is 1.58. The first-order valence-electron chi connectivity index (χ1n) is 10.5. The number of nitrogens with zero attached hydrogens (tertiary/aromatic N) is 2. The van der Waals surface area contributed by atoms with Gasteiger partial charge in [0.15, 0.2) is 11.5 Å². The van der Waals surface area contributed by atoms with Gasteiger partial charge in [0, 0.05) is 12.7 Å². The van der Waals surface area contributed by atoms with Crippen molar-refractivity contribution < 1.29 is 22.7 Å². The van der Waals surface area contributed by atoms with E-state index in [2.05, 4.69) is 0 Å². The molecule has 1 fully saturated rings. The van der Waals surface area contributed by atoms with E-state index < -0.39 is 10.0 Å². The van der Waals surface area contributed by atoms with Crippen LogP contribution in [0.1, 0.15) is 22.2 Å². The third-order valence-electron chi connectivity index (χ3n) is 5.63. The fraction of sp³-hybridized carbons (Fsp3) is 0.292. The molecule has 4 rings (SSSR count). The molecular weight excluding hydrogens is 460 g/mol. The fourth-order valence-corrected chi connectivity index (χ4v) is 6.51. The van der Waals surface area contributed by atoms with E-state index in [9.17, 15) is 13.2 Å². The zero-order valence-electron chi connectivity index (χ0n) is 18.7. The largest absolute Gasteiger partial charge is 0.493 e. The van der Waals surface area contributed by atoms with Gasteiger partial charge in [-0.1, -0.05) is 23.8 Å². The van der Waals surface area contributed by atoms with Gasteiger partial charge in [-0.05, 0) is 55.3 Å². The molecule has 0 aliphatic carbocycles. The smallest absolute Gasteiger partial charge is 0.267 e. The Morgan fingerprint density at radius 2 is 1.76 bits per heavy atom. The topological polar surface area (TPSA) is 77.8 Å². The van der Waals surface area contributed by atoms with Gasteiger partial charge in [-0.2, -0.15) is 0 Å². The Kier molecular flexibility index (Phi) is 6.71. The predicted octanol–water partition coefficient (Wildman–Crippen LogP) is 3.87. The van der Waals surface area contributed by atoms with E-state index in [4.69, 9.17) is 9.47 Å². The second-order valence-corrected chi connectivity index (χ2v) is 10.6. The van der Waals surface area contributed by atoms with Crippen LogP contribution in [-0.4, -0.2) is 49.7 Å². The van der Waals surface area contributed by atoms with Gasteiger partial charge in [0.2, 0.25) is 5.91 Å². The first kappa shape index (κ1) is 23.3. The van der Waals surface area contributed by atoms with E-state index >= 15 is 0 Å². The molecule has 0 bridgehead atoms. The van der Waals surface area contributed by atoms with Crippen molar-refractivity contribution in [3.8, 4) is 11.5 Å². The molecule has 174 valence electrons. The maximum absolute atomic E-state index is 13.3. The van der Waals surface area contributed by atoms with E-state index in [-0.39, 0.29) is 16.2 Å². The standard InChI is InChI=1S/C24H26N2O5S2/c1-17-6-9-19(10-7-17)33(28,29)26-13-4-5-20(26)24-25(23(27)16-32-24)14-12-18-8-11-21(30-2)22(15-18)31-3/h4-11,13,15,24H,12,14,16H2,1-3H3. The highest BCUT2D eigenvalue weighted by atomic mass is 32.2. The number of thioether (sulfide) groups is 1. The number of aryl methyl sites for hydroxylation is 1. The minimum Gasteiger partial charge on any atom is -0.493 e. The quantitative estimate of drug-likeness (QED) is 0.481. The normalized spacial score (nSPS) is 16.3. The summed E-state index contributed by atoms with van der Waals surface area (Å²) < 4.78 is 38.6. The molecule has 1 saturated heterocycles. The lowest BCUT2D eigenvalue weighted by atomic mass is 10.1. The minimum absolute atomic E-state index is 0.00837. The summed E-state index contributed by atoms with van der Waals surface area (Å²) in [5, 5.41) is -0.382. The van der Waals surface area contributed by atoms with Crippen LogP contribution in [0.4, 0.5) is 0 Å². The van der Waals surface area contributed by atoms with Gasteiger partial charge in [0.25, 0.3) is 10.0 Å². The summed E-state index contributed by atoms with van der Waals surface area (Å²) in [6.07, 6.45) is 2.15. The number of ether oxygens (including phenoxy) is 2. The molecular formula is C24H26N2O5S2. The lowest BCUT2D eigenvalue weighted by molar-refractivity contribution is -0.128. The molecule has 3 aromatic rings. The van der Waals surface area contributed by atoms with Crippen molar-refractivity contribution in [2.45, 2.75) is 23.6 Å². The molecule has 1 aliphatic heterocycles. The second kappa shape index (κ2) is 9.52. The van der Waals surface area contributed by atoms with E-state index in [0.717, 1.165) is 11.1 Å². The average molecular weight is 487 g/mol. The van der Waals surface area contributed by atoms with Crippen molar-refractivity contribution in [2.75, 3.05) is 26.5 Å². The fourth-order valence-electron chi connectivity index (χ4n) is 3.84. The number of rotatable bonds is 8. The number of benzene rings is 2. The maximum Gasteiger partial charge on any atom is 0.267 e. The van der Waals surface area contributed by atoms with Crippen LogP contribution in [0.15, 0.2) is 65.7 Å². The van der Waals surface area contributed by atoms with Crippen molar-refractivity contribution in [1.29, 1.82) is 0 Å². The van der Waals surface area contributed by atoms with Gasteiger partial charge in [0.1, 0.15) is 5.37 Å². The number of aromatic nitrogens is 1. The number of hydrogen-bond acceptors (Lipinski definition) is 6. The van der Waals surface area contributed by atoms with Gasteiger partial charge in [-0.25, -0.2) is 12.4 Å². The summed E-state index contributed by atoms with van der Waals surface area (Å²) in [6, 6.07) is 15.9. The second-order valence-electron chi connectivity index (χ2n) is 7.74. The number of methoxy groups -OCH3 is 2. The lowest BCUT2D eigenvalue weighted by Crippen LogP contribution is -2.32. The number of carbonyl (C=O) groups is 1. The number of hydrogen-bond donors (Lipinski definition) is 0. The third-order valence-corrected chi connectivity index (χ3v) is 8.57. The minimum atomic E-state index is -3.77. The summed E-state index contributed by atoms with van der Waals surface area (Å²) in [6.45, 7) is 2.37. The molecule has 2 aromatic carbocycles. The van der Waals surface area contributed by atoms with Crippen LogP contribution in [0.25, 0.3) is 0 Å². The molecule has 1 atom stereocenters. The first-order chi connectivity index (χ1) is 15.8. The van der Waals surface area contributed by atoms with E-state index in [1.54, 1.807) is 61.7 Å². The van der Waals surface area contributed by atoms with Gasteiger partial charge in [0.05, 0.1) is 30.6 Å². The molecule has 0 spiro atoms. The highest BCUT2D eigenvalue weighted by Crippen LogP contribution is 2.40. The molecule has 1 aromatic heterocycles. The third kappa shape index (κ3) is 4.60. The average Bonchev–Trinajstić information content (AvgIpc) is 3.44. The molecule has 2 heterocycles. The van der Waals surface area contributed by atoms with Gasteiger partial charge < -0.3 is 14.4 Å². The monoisotopic (exact) mass is 486 g/mol. The summed E-state index contributed by atoms with van der Waals surface area (Å²) in [5.74, 6) is 1.58. The Morgan fingerprint density at radius 3 is 2.45 bits per heavy atom. The van der Waals surface area contributed by atoms with Crippen molar-refractivity contribution in [2.24, 2.45) is 0 Å². The molecule has 1 aliphatic rings. The molecule has 0 N–H and O–H groups in total. The molecule has 9 heteroatoms. The Morgan fingerprint density at radius 1 is 1.03 bits per heavy atom. The molecule has 0 radical (unpaired) electrons. The number of amides is 1. The highest BCUT2D eigenvalue weighted by molar-refractivity contribution is 8.00. The molecule has 33 heavy (non-hydrogen) atoms. The van der Waals surface area contributed by atoms with Crippen LogP contribution in [0.5, 0.6) is 11.5 Å². The van der Waals surface area contributed by atoms with Gasteiger partial charge in [-0.15, -0.1) is 11.8 Å². The molecule has 1 amide bonds. The van der Waals surface area contributed by atoms with Crippen LogP contribution >= 0.6 is 11.8 Å². The van der Waals surface area contributed by atoms with Crippen LogP contribution in [0.2, 0.25) is 0 Å². The zero-order chi connectivity index (χ0) is 23.6. The van der Waals surface area contributed by atoms with E-state index in [0.29, 0.717) is 35.9 Å². The molecule has 7 nitrogen and oxygen atoms in total. The van der Waals surface area contributed by atoms with E-state index in [1.165, 1.54) is 15.7 Å². The Bertz CT molecular complexity index is 1250. The van der Waals surface area contributed by atoms with Gasteiger partial charge >= 0.3 is 0 Å². The summed E-state index contributed by atoms with van der Waals surface area (Å²) in [4.78, 5) is 14.7. The molecule has 0 saturated carbocycles. The van der Waals surface area contributed by atoms with Crippen molar-refractivity contribution in [1.82, 2.24) is 8.87 Å². The van der Waals surface area contributed by atoms with Crippen LogP contribution in [0, 0.1) is 6.92 Å². The maximum atomic E-state index is 13.3. The van der Waals surface area contributed by atoms with Crippen LogP contribution in [0.3, 0.4) is 0 Å². The van der Waals surface area contributed by atoms with Crippen LogP contribution in [-0.2, 0) is 21.2 Å². The lowest BCUT2D eigenvalue weighted by Gasteiger charge is -2.25. The summed E-state index contributed by atoms with van der Waals surface area (Å²) in [5.41, 5.74) is 2.55. The van der Waals surface area contributed by atoms with Crippen LogP contribution < -0.4 is 9.47 Å². The van der Waals surface area contributed by atoms with Crippen molar-refractivity contribution in [3.63, 3.8) is 0 Å². The van der Waals surface area contributed by atoms with Crippen molar-refractivity contribution in [3.05, 3.63) is 77.6 Å². The highest BCUT2D eigenvalue weighted by Gasteiger charge is 2.36. The SMILES string of the molecule is COc1ccc(CCN2C(=O)CSC2c2cccn2S(=O)(=O)c2ccc(C)cc2)cc1OC. The first-order valence-corrected chi connectivity index (χ1v) is 13.0. The predicted molar refractivity (Wildman–Crippen MR) is 128 cm³/mol.